The van der Waals surface area contributed by atoms with Crippen molar-refractivity contribution in [2.75, 3.05) is 13.7 Å². The number of carbonyl (C=O) groups excluding carboxylic acids is 2. The van der Waals surface area contributed by atoms with Crippen molar-refractivity contribution in [3.05, 3.63) is 36.0 Å². The number of hydrogen-bond acceptors (Lipinski definition) is 5. The summed E-state index contributed by atoms with van der Waals surface area (Å²) in [5.41, 5.74) is 0.379. The van der Waals surface area contributed by atoms with Gasteiger partial charge in [-0.2, -0.15) is 0 Å². The maximum Gasteiger partial charge on any atom is 0.332 e. The second-order valence-electron chi connectivity index (χ2n) is 4.20. The zero-order valence-electron chi connectivity index (χ0n) is 11.2. The summed E-state index contributed by atoms with van der Waals surface area (Å²) >= 11 is 0. The van der Waals surface area contributed by atoms with Gasteiger partial charge in [0, 0.05) is 11.8 Å². The number of ether oxygens (including phenoxy) is 3. The van der Waals surface area contributed by atoms with Crippen molar-refractivity contribution in [3.63, 3.8) is 0 Å². The number of amides is 1. The van der Waals surface area contributed by atoms with E-state index in [0.717, 1.165) is 0 Å². The Morgan fingerprint density at radius 2 is 2.05 bits per heavy atom. The van der Waals surface area contributed by atoms with Gasteiger partial charge in [0.05, 0.1) is 7.11 Å². The molecule has 1 aliphatic rings. The second-order valence-corrected chi connectivity index (χ2v) is 4.20. The SMILES string of the molecule is COC(=O)/C=C(\C)NC(=O)[C@H]1COc2ccccc2O1. The van der Waals surface area contributed by atoms with Gasteiger partial charge in [-0.1, -0.05) is 12.1 Å². The van der Waals surface area contributed by atoms with E-state index in [2.05, 4.69) is 10.1 Å². The number of hydrogen-bond donors (Lipinski definition) is 1. The number of nitrogens with one attached hydrogen (secondary N) is 1. The van der Waals surface area contributed by atoms with Gasteiger partial charge in [-0.15, -0.1) is 0 Å². The normalized spacial score (nSPS) is 17.3. The van der Waals surface area contributed by atoms with Crippen LogP contribution in [0.2, 0.25) is 0 Å². The third kappa shape index (κ3) is 3.28. The fourth-order valence-corrected chi connectivity index (χ4v) is 1.70. The molecule has 0 unspecified atom stereocenters. The molecule has 0 radical (unpaired) electrons. The molecule has 1 aromatic carbocycles. The standard InChI is InChI=1S/C14H15NO5/c1-9(7-13(16)18-2)15-14(17)12-8-19-10-5-3-4-6-11(10)20-12/h3-7,12H,8H2,1-2H3,(H,15,17)/b9-7+/t12-/m1/s1. The molecule has 1 amide bonds. The number of fused-ring (bicyclic) bond motifs is 1. The Hall–Kier alpha value is -2.50. The predicted octanol–water partition coefficient (Wildman–Crippen LogP) is 1.02. The first-order valence-corrected chi connectivity index (χ1v) is 6.05. The summed E-state index contributed by atoms with van der Waals surface area (Å²) < 4.78 is 15.5. The zero-order valence-corrected chi connectivity index (χ0v) is 11.2. The van der Waals surface area contributed by atoms with Crippen LogP contribution in [0.4, 0.5) is 0 Å². The quantitative estimate of drug-likeness (QED) is 0.659. The highest BCUT2D eigenvalue weighted by atomic mass is 16.6. The van der Waals surface area contributed by atoms with Crippen molar-refractivity contribution in [2.24, 2.45) is 0 Å². The van der Waals surface area contributed by atoms with Gasteiger partial charge < -0.3 is 19.5 Å². The van der Waals surface area contributed by atoms with Crippen molar-refractivity contribution in [1.29, 1.82) is 0 Å². The van der Waals surface area contributed by atoms with E-state index in [1.54, 1.807) is 25.1 Å². The monoisotopic (exact) mass is 277 g/mol. The van der Waals surface area contributed by atoms with Crippen LogP contribution in [0.5, 0.6) is 11.5 Å². The number of esters is 1. The summed E-state index contributed by atoms with van der Waals surface area (Å²) in [4.78, 5) is 23.0. The minimum absolute atomic E-state index is 0.119. The molecule has 0 aliphatic carbocycles. The van der Waals surface area contributed by atoms with E-state index in [4.69, 9.17) is 9.47 Å². The van der Waals surface area contributed by atoms with Crippen LogP contribution in [0.1, 0.15) is 6.92 Å². The van der Waals surface area contributed by atoms with Crippen LogP contribution in [0.25, 0.3) is 0 Å². The molecule has 106 valence electrons. The number of allylic oxidation sites excluding steroid dienone is 1. The van der Waals surface area contributed by atoms with E-state index in [9.17, 15) is 9.59 Å². The molecule has 0 bridgehead atoms. The summed E-state index contributed by atoms with van der Waals surface area (Å²) in [6.45, 7) is 1.71. The highest BCUT2D eigenvalue weighted by molar-refractivity contribution is 5.86. The van der Waals surface area contributed by atoms with Crippen molar-refractivity contribution in [2.45, 2.75) is 13.0 Å². The average molecular weight is 277 g/mol. The molecule has 1 N–H and O–H groups in total. The summed E-state index contributed by atoms with van der Waals surface area (Å²) in [7, 11) is 1.27. The maximum atomic E-state index is 12.0. The van der Waals surface area contributed by atoms with Crippen molar-refractivity contribution >= 4 is 11.9 Å². The molecule has 0 saturated carbocycles. The second kappa shape index (κ2) is 6.10. The third-order valence-electron chi connectivity index (χ3n) is 2.66. The number of methoxy groups -OCH3 is 1. The fraction of sp³-hybridized carbons (Fsp3) is 0.286. The Morgan fingerprint density at radius 1 is 1.35 bits per heavy atom. The van der Waals surface area contributed by atoms with Crippen LogP contribution in [-0.2, 0) is 14.3 Å². The highest BCUT2D eigenvalue weighted by Crippen LogP contribution is 2.30. The number of rotatable bonds is 3. The van der Waals surface area contributed by atoms with Crippen molar-refractivity contribution in [3.8, 4) is 11.5 Å². The molecular weight excluding hydrogens is 262 g/mol. The van der Waals surface area contributed by atoms with Gasteiger partial charge in [0.2, 0.25) is 6.10 Å². The molecule has 0 fully saturated rings. The molecule has 1 aliphatic heterocycles. The largest absolute Gasteiger partial charge is 0.485 e. The topological polar surface area (TPSA) is 73.9 Å². The number of para-hydroxylation sites is 2. The molecule has 1 heterocycles. The Bertz CT molecular complexity index is 552. The molecule has 2 rings (SSSR count). The summed E-state index contributed by atoms with van der Waals surface area (Å²) in [5, 5.41) is 2.56. The van der Waals surface area contributed by atoms with Gasteiger partial charge in [0.15, 0.2) is 11.5 Å². The van der Waals surface area contributed by atoms with Gasteiger partial charge in [-0.3, -0.25) is 4.79 Å². The lowest BCUT2D eigenvalue weighted by atomic mass is 10.2. The van der Waals surface area contributed by atoms with Crippen LogP contribution in [0.3, 0.4) is 0 Å². The van der Waals surface area contributed by atoms with Crippen molar-refractivity contribution < 1.29 is 23.8 Å². The smallest absolute Gasteiger partial charge is 0.332 e. The Balaban J connectivity index is 1.98. The maximum absolute atomic E-state index is 12.0. The first-order chi connectivity index (χ1) is 9.60. The molecule has 20 heavy (non-hydrogen) atoms. The van der Waals surface area contributed by atoms with Gasteiger partial charge in [0.25, 0.3) is 5.91 Å². The Labute approximate surface area is 116 Å². The Morgan fingerprint density at radius 3 is 2.75 bits per heavy atom. The minimum Gasteiger partial charge on any atom is -0.485 e. The highest BCUT2D eigenvalue weighted by Gasteiger charge is 2.27. The van der Waals surface area contributed by atoms with E-state index in [1.165, 1.54) is 13.2 Å². The summed E-state index contributed by atoms with van der Waals surface area (Å²) in [5.74, 6) is 0.220. The lowest BCUT2D eigenvalue weighted by Crippen LogP contribution is -2.43. The predicted molar refractivity (Wildman–Crippen MR) is 70.3 cm³/mol. The number of benzene rings is 1. The first-order valence-electron chi connectivity index (χ1n) is 6.05. The van der Waals surface area contributed by atoms with Crippen LogP contribution in [0.15, 0.2) is 36.0 Å². The van der Waals surface area contributed by atoms with Crippen LogP contribution in [0, 0.1) is 0 Å². The van der Waals surface area contributed by atoms with Gasteiger partial charge >= 0.3 is 5.97 Å². The average Bonchev–Trinajstić information content (AvgIpc) is 2.46. The van der Waals surface area contributed by atoms with Gasteiger partial charge in [-0.05, 0) is 19.1 Å². The summed E-state index contributed by atoms with van der Waals surface area (Å²) in [6.07, 6.45) is 0.432. The van der Waals surface area contributed by atoms with Crippen LogP contribution < -0.4 is 14.8 Å². The third-order valence-corrected chi connectivity index (χ3v) is 2.66. The molecule has 0 spiro atoms. The molecular formula is C14H15NO5. The summed E-state index contributed by atoms with van der Waals surface area (Å²) in [6, 6.07) is 7.12. The van der Waals surface area contributed by atoms with E-state index in [0.29, 0.717) is 17.2 Å². The molecule has 1 atom stereocenters. The van der Waals surface area contributed by atoms with E-state index in [1.807, 2.05) is 6.07 Å². The van der Waals surface area contributed by atoms with Gasteiger partial charge in [-0.25, -0.2) is 4.79 Å². The fourth-order valence-electron chi connectivity index (χ4n) is 1.70. The molecule has 0 saturated heterocycles. The molecule has 1 aromatic rings. The molecule has 6 nitrogen and oxygen atoms in total. The first kappa shape index (κ1) is 13.9. The lowest BCUT2D eigenvalue weighted by Gasteiger charge is -2.25. The van der Waals surface area contributed by atoms with Gasteiger partial charge in [0.1, 0.15) is 6.61 Å². The minimum atomic E-state index is -0.758. The van der Waals surface area contributed by atoms with Crippen molar-refractivity contribution in [1.82, 2.24) is 5.32 Å². The van der Waals surface area contributed by atoms with E-state index in [-0.39, 0.29) is 12.5 Å². The number of carbonyl (C=O) groups is 2. The van der Waals surface area contributed by atoms with E-state index < -0.39 is 12.1 Å². The van der Waals surface area contributed by atoms with E-state index >= 15 is 0 Å². The molecule has 0 aromatic heterocycles. The van der Waals surface area contributed by atoms with Crippen LogP contribution in [-0.4, -0.2) is 31.7 Å². The lowest BCUT2D eigenvalue weighted by molar-refractivity contribution is -0.134. The van der Waals surface area contributed by atoms with Crippen LogP contribution >= 0.6 is 0 Å². The zero-order chi connectivity index (χ0) is 14.5. The molecule has 6 heteroatoms. The Kier molecular flexibility index (Phi) is 4.24.